The minimum Gasteiger partial charge on any atom is -0.337 e. The number of carbonyl (C=O) groups excluding carboxylic acids is 1. The Kier molecular flexibility index (Phi) is 2.56. The van der Waals surface area contributed by atoms with E-state index in [1.807, 2.05) is 25.2 Å². The maximum Gasteiger partial charge on any atom is 0.224 e. The maximum absolute atomic E-state index is 11.8. The smallest absolute Gasteiger partial charge is 0.224 e. The average Bonchev–Trinajstić information content (AvgIpc) is 2.63. The van der Waals surface area contributed by atoms with Crippen molar-refractivity contribution in [1.82, 2.24) is 4.90 Å². The van der Waals surface area contributed by atoms with Crippen LogP contribution in [0.4, 0.5) is 0 Å². The van der Waals surface area contributed by atoms with Crippen molar-refractivity contribution >= 4 is 16.7 Å². The van der Waals surface area contributed by atoms with E-state index in [0.717, 1.165) is 5.56 Å². The summed E-state index contributed by atoms with van der Waals surface area (Å²) in [5.41, 5.74) is 7.27. The van der Waals surface area contributed by atoms with Crippen LogP contribution < -0.4 is 5.73 Å². The number of likely N-dealkylation sites (tertiary alicyclic amines) is 1. The lowest BCUT2D eigenvalue weighted by Gasteiger charge is -2.24. The highest BCUT2D eigenvalue weighted by molar-refractivity contribution is 5.88. The van der Waals surface area contributed by atoms with Crippen LogP contribution in [0.3, 0.4) is 0 Å². The minimum atomic E-state index is -0.117. The SMILES string of the molecule is CN1C(=O)CC(N)C1c1cccc2ccccc12. The van der Waals surface area contributed by atoms with Gasteiger partial charge in [0.25, 0.3) is 0 Å². The molecule has 2 aromatic rings. The van der Waals surface area contributed by atoms with E-state index in [1.54, 1.807) is 4.90 Å². The predicted octanol–water partition coefficient (Wildman–Crippen LogP) is 2.07. The molecule has 92 valence electrons. The number of hydrogen-bond donors (Lipinski definition) is 1. The summed E-state index contributed by atoms with van der Waals surface area (Å²) in [7, 11) is 1.83. The zero-order chi connectivity index (χ0) is 12.7. The Morgan fingerprint density at radius 3 is 2.61 bits per heavy atom. The van der Waals surface area contributed by atoms with Gasteiger partial charge < -0.3 is 10.6 Å². The number of benzene rings is 2. The Bertz CT molecular complexity index is 603. The first-order valence-electron chi connectivity index (χ1n) is 6.17. The first kappa shape index (κ1) is 11.2. The Hall–Kier alpha value is -1.87. The number of nitrogens with zero attached hydrogens (tertiary/aromatic N) is 1. The molecule has 2 unspecified atom stereocenters. The molecule has 0 radical (unpaired) electrons. The lowest BCUT2D eigenvalue weighted by atomic mass is 9.95. The van der Waals surface area contributed by atoms with Crippen molar-refractivity contribution in [3.05, 3.63) is 48.0 Å². The molecule has 3 nitrogen and oxygen atoms in total. The lowest BCUT2D eigenvalue weighted by molar-refractivity contribution is -0.127. The van der Waals surface area contributed by atoms with Crippen LogP contribution >= 0.6 is 0 Å². The molecule has 0 aliphatic carbocycles. The van der Waals surface area contributed by atoms with E-state index < -0.39 is 0 Å². The molecule has 1 fully saturated rings. The van der Waals surface area contributed by atoms with E-state index in [-0.39, 0.29) is 18.0 Å². The first-order chi connectivity index (χ1) is 8.68. The molecular formula is C15H16N2O. The number of hydrogen-bond acceptors (Lipinski definition) is 2. The number of amides is 1. The summed E-state index contributed by atoms with van der Waals surface area (Å²) in [6, 6.07) is 14.3. The van der Waals surface area contributed by atoms with Crippen molar-refractivity contribution in [2.24, 2.45) is 5.73 Å². The molecular weight excluding hydrogens is 224 g/mol. The quantitative estimate of drug-likeness (QED) is 0.829. The standard InChI is InChI=1S/C15H16N2O/c1-17-14(18)9-13(16)15(17)12-8-4-6-10-5-2-3-7-11(10)12/h2-8,13,15H,9,16H2,1H3. The van der Waals surface area contributed by atoms with Crippen LogP contribution in [0.2, 0.25) is 0 Å². The van der Waals surface area contributed by atoms with Crippen LogP contribution in [-0.4, -0.2) is 23.9 Å². The van der Waals surface area contributed by atoms with Gasteiger partial charge in [0.1, 0.15) is 0 Å². The Balaban J connectivity index is 2.17. The topological polar surface area (TPSA) is 46.3 Å². The molecule has 0 spiro atoms. The van der Waals surface area contributed by atoms with E-state index >= 15 is 0 Å². The summed E-state index contributed by atoms with van der Waals surface area (Å²) in [5.74, 6) is 0.125. The van der Waals surface area contributed by atoms with Crippen LogP contribution in [0, 0.1) is 0 Å². The van der Waals surface area contributed by atoms with E-state index in [4.69, 9.17) is 5.73 Å². The van der Waals surface area contributed by atoms with Crippen molar-refractivity contribution in [3.63, 3.8) is 0 Å². The second-order valence-electron chi connectivity index (χ2n) is 4.89. The van der Waals surface area contributed by atoms with Crippen LogP contribution in [-0.2, 0) is 4.79 Å². The molecule has 0 bridgehead atoms. The summed E-state index contributed by atoms with van der Waals surface area (Å²) in [5, 5.41) is 2.37. The molecule has 0 aromatic heterocycles. The van der Waals surface area contributed by atoms with Crippen LogP contribution in [0.5, 0.6) is 0 Å². The van der Waals surface area contributed by atoms with Crippen molar-refractivity contribution in [2.75, 3.05) is 7.05 Å². The Morgan fingerprint density at radius 2 is 1.89 bits per heavy atom. The minimum absolute atomic E-state index is 0.0106. The van der Waals surface area contributed by atoms with Crippen LogP contribution in [0.25, 0.3) is 10.8 Å². The third-order valence-electron chi connectivity index (χ3n) is 3.77. The van der Waals surface area contributed by atoms with Crippen molar-refractivity contribution in [3.8, 4) is 0 Å². The van der Waals surface area contributed by atoms with Gasteiger partial charge in [-0.25, -0.2) is 0 Å². The fraction of sp³-hybridized carbons (Fsp3) is 0.267. The number of nitrogens with two attached hydrogens (primary N) is 1. The maximum atomic E-state index is 11.8. The van der Waals surface area contributed by atoms with E-state index in [0.29, 0.717) is 6.42 Å². The van der Waals surface area contributed by atoms with Gasteiger partial charge in [-0.05, 0) is 16.3 Å². The van der Waals surface area contributed by atoms with E-state index in [1.165, 1.54) is 10.8 Å². The zero-order valence-electron chi connectivity index (χ0n) is 10.3. The second-order valence-corrected chi connectivity index (χ2v) is 4.89. The summed E-state index contributed by atoms with van der Waals surface area (Å²) in [6.07, 6.45) is 0.435. The third-order valence-corrected chi connectivity index (χ3v) is 3.77. The molecule has 1 saturated heterocycles. The fourth-order valence-electron chi connectivity index (χ4n) is 2.85. The van der Waals surface area contributed by atoms with Crippen molar-refractivity contribution < 1.29 is 4.79 Å². The molecule has 18 heavy (non-hydrogen) atoms. The van der Waals surface area contributed by atoms with Gasteiger partial charge in [0, 0.05) is 19.5 Å². The highest BCUT2D eigenvalue weighted by Crippen LogP contribution is 2.34. The average molecular weight is 240 g/mol. The number of rotatable bonds is 1. The third kappa shape index (κ3) is 1.59. The van der Waals surface area contributed by atoms with Gasteiger partial charge in [0.2, 0.25) is 5.91 Å². The van der Waals surface area contributed by atoms with E-state index in [2.05, 4.69) is 24.3 Å². The molecule has 2 atom stereocenters. The monoisotopic (exact) mass is 240 g/mol. The van der Waals surface area contributed by atoms with Gasteiger partial charge in [-0.1, -0.05) is 42.5 Å². The lowest BCUT2D eigenvalue weighted by Crippen LogP contribution is -2.30. The molecule has 1 aliphatic rings. The normalized spacial score (nSPS) is 23.9. The van der Waals surface area contributed by atoms with Crippen LogP contribution in [0.15, 0.2) is 42.5 Å². The van der Waals surface area contributed by atoms with Crippen molar-refractivity contribution in [1.29, 1.82) is 0 Å². The predicted molar refractivity (Wildman–Crippen MR) is 72.1 cm³/mol. The van der Waals surface area contributed by atoms with Gasteiger partial charge in [0.05, 0.1) is 6.04 Å². The zero-order valence-corrected chi connectivity index (χ0v) is 10.3. The van der Waals surface area contributed by atoms with Crippen LogP contribution in [0.1, 0.15) is 18.0 Å². The highest BCUT2D eigenvalue weighted by Gasteiger charge is 2.36. The molecule has 1 amide bonds. The summed E-state index contributed by atoms with van der Waals surface area (Å²) < 4.78 is 0. The number of likely N-dealkylation sites (N-methyl/N-ethyl adjacent to an activating group) is 1. The molecule has 2 N–H and O–H groups in total. The number of carbonyl (C=O) groups is 1. The van der Waals surface area contributed by atoms with Gasteiger partial charge >= 0.3 is 0 Å². The summed E-state index contributed by atoms with van der Waals surface area (Å²) in [4.78, 5) is 13.5. The van der Waals surface area contributed by atoms with E-state index in [9.17, 15) is 4.79 Å². The van der Waals surface area contributed by atoms with Gasteiger partial charge in [-0.2, -0.15) is 0 Å². The summed E-state index contributed by atoms with van der Waals surface area (Å²) >= 11 is 0. The largest absolute Gasteiger partial charge is 0.337 e. The first-order valence-corrected chi connectivity index (χ1v) is 6.17. The Morgan fingerprint density at radius 1 is 1.17 bits per heavy atom. The van der Waals surface area contributed by atoms with Crippen molar-refractivity contribution in [2.45, 2.75) is 18.5 Å². The molecule has 3 rings (SSSR count). The van der Waals surface area contributed by atoms with Gasteiger partial charge in [-0.3, -0.25) is 4.79 Å². The summed E-state index contributed by atoms with van der Waals surface area (Å²) in [6.45, 7) is 0. The molecule has 0 saturated carbocycles. The highest BCUT2D eigenvalue weighted by atomic mass is 16.2. The molecule has 3 heteroatoms. The second kappa shape index (κ2) is 4.10. The molecule has 2 aromatic carbocycles. The number of fused-ring (bicyclic) bond motifs is 1. The molecule has 1 aliphatic heterocycles. The molecule has 1 heterocycles. The Labute approximate surface area is 106 Å². The van der Waals surface area contributed by atoms with Gasteiger partial charge in [-0.15, -0.1) is 0 Å². The van der Waals surface area contributed by atoms with Gasteiger partial charge in [0.15, 0.2) is 0 Å². The fourth-order valence-corrected chi connectivity index (χ4v) is 2.85.